The average Bonchev–Trinajstić information content (AvgIpc) is 2.87. The van der Waals surface area contributed by atoms with E-state index in [-0.39, 0.29) is 19.1 Å². The van der Waals surface area contributed by atoms with Crippen molar-refractivity contribution in [2.24, 2.45) is 4.99 Å². The van der Waals surface area contributed by atoms with E-state index in [2.05, 4.69) is 4.99 Å². The molecule has 3 rings (SSSR count). The van der Waals surface area contributed by atoms with Crippen LogP contribution in [0.1, 0.15) is 11.1 Å². The van der Waals surface area contributed by atoms with Gasteiger partial charge < -0.3 is 5.11 Å². The molecule has 1 heterocycles. The molecule has 1 N–H and O–H groups in total. The molecule has 0 radical (unpaired) electrons. The lowest BCUT2D eigenvalue weighted by Crippen LogP contribution is -2.35. The molecule has 0 fully saturated rings. The van der Waals surface area contributed by atoms with Gasteiger partial charge in [-0.15, -0.1) is 0 Å². The molecule has 0 saturated heterocycles. The molecule has 4 nitrogen and oxygen atoms in total. The van der Waals surface area contributed by atoms with Gasteiger partial charge in [0.25, 0.3) is 5.91 Å². The normalized spacial score (nSPS) is 16.2. The smallest absolute Gasteiger partial charge is 0.278 e. The van der Waals surface area contributed by atoms with Crippen LogP contribution in [0.5, 0.6) is 0 Å². The fourth-order valence-corrected chi connectivity index (χ4v) is 2.37. The van der Waals surface area contributed by atoms with Crippen molar-refractivity contribution in [3.8, 4) is 0 Å². The predicted molar refractivity (Wildman–Crippen MR) is 86.2 cm³/mol. The molecular formula is C18H16N2O2. The summed E-state index contributed by atoms with van der Waals surface area (Å²) in [5.74, 6) is 0.401. The Bertz CT molecular complexity index is 721. The molecule has 2 aromatic carbocycles. The van der Waals surface area contributed by atoms with Crippen LogP contribution in [-0.2, 0) is 4.79 Å². The summed E-state index contributed by atoms with van der Waals surface area (Å²) in [5, 5.41) is 9.22. The number of nitrogens with zero attached hydrogens (tertiary/aromatic N) is 2. The van der Waals surface area contributed by atoms with Crippen LogP contribution in [0.4, 0.5) is 0 Å². The zero-order valence-corrected chi connectivity index (χ0v) is 12.0. The number of amidine groups is 1. The van der Waals surface area contributed by atoms with Crippen LogP contribution in [0, 0.1) is 0 Å². The Labute approximate surface area is 129 Å². The van der Waals surface area contributed by atoms with E-state index in [0.29, 0.717) is 11.5 Å². The van der Waals surface area contributed by atoms with Gasteiger partial charge in [0.15, 0.2) is 0 Å². The van der Waals surface area contributed by atoms with Gasteiger partial charge in [-0.2, -0.15) is 0 Å². The Morgan fingerprint density at radius 1 is 1.00 bits per heavy atom. The third-order valence-electron chi connectivity index (χ3n) is 3.40. The van der Waals surface area contributed by atoms with Crippen LogP contribution in [0.3, 0.4) is 0 Å². The van der Waals surface area contributed by atoms with E-state index in [1.165, 1.54) is 4.90 Å². The second-order valence-electron chi connectivity index (χ2n) is 4.92. The highest BCUT2D eigenvalue weighted by Gasteiger charge is 2.30. The topological polar surface area (TPSA) is 52.9 Å². The summed E-state index contributed by atoms with van der Waals surface area (Å²) in [6, 6.07) is 19.1. The minimum absolute atomic E-state index is 0.101. The molecule has 110 valence electrons. The SMILES string of the molecule is O=C1/C(=C\c2ccccc2)N=C(c2ccccc2)N1CCO. The first-order valence-corrected chi connectivity index (χ1v) is 7.13. The summed E-state index contributed by atoms with van der Waals surface area (Å²) in [6.45, 7) is 0.134. The standard InChI is InChI=1S/C18H16N2O2/c21-12-11-20-17(15-9-5-2-6-10-15)19-16(18(20)22)13-14-7-3-1-4-8-14/h1-10,13,21H,11-12H2/b16-13+. The van der Waals surface area contributed by atoms with E-state index < -0.39 is 0 Å². The molecule has 4 heteroatoms. The fourth-order valence-electron chi connectivity index (χ4n) is 2.37. The van der Waals surface area contributed by atoms with Gasteiger partial charge in [-0.3, -0.25) is 9.69 Å². The third kappa shape index (κ3) is 2.82. The molecule has 0 atom stereocenters. The lowest BCUT2D eigenvalue weighted by molar-refractivity contribution is -0.122. The van der Waals surface area contributed by atoms with Gasteiger partial charge in [-0.1, -0.05) is 60.7 Å². The van der Waals surface area contributed by atoms with Crippen molar-refractivity contribution < 1.29 is 9.90 Å². The van der Waals surface area contributed by atoms with Crippen LogP contribution < -0.4 is 0 Å². The number of aliphatic imine (C=N–C) groups is 1. The molecule has 0 bridgehead atoms. The van der Waals surface area contributed by atoms with Crippen LogP contribution in [-0.4, -0.2) is 34.9 Å². The first-order valence-electron chi connectivity index (χ1n) is 7.13. The lowest BCUT2D eigenvalue weighted by atomic mass is 10.2. The van der Waals surface area contributed by atoms with Crippen molar-refractivity contribution in [1.29, 1.82) is 0 Å². The van der Waals surface area contributed by atoms with Crippen LogP contribution >= 0.6 is 0 Å². The Kier molecular flexibility index (Phi) is 4.12. The molecule has 0 saturated carbocycles. The maximum absolute atomic E-state index is 12.5. The molecule has 2 aromatic rings. The molecular weight excluding hydrogens is 276 g/mol. The molecule has 22 heavy (non-hydrogen) atoms. The summed E-state index contributed by atoms with van der Waals surface area (Å²) in [4.78, 5) is 18.5. The van der Waals surface area contributed by atoms with Crippen molar-refractivity contribution in [3.05, 3.63) is 77.5 Å². The number of amides is 1. The van der Waals surface area contributed by atoms with E-state index in [0.717, 1.165) is 11.1 Å². The first-order chi connectivity index (χ1) is 10.8. The minimum Gasteiger partial charge on any atom is -0.395 e. The zero-order valence-electron chi connectivity index (χ0n) is 12.0. The number of hydrogen-bond donors (Lipinski definition) is 1. The first kappa shape index (κ1) is 14.2. The van der Waals surface area contributed by atoms with Gasteiger partial charge in [0.05, 0.1) is 13.2 Å². The van der Waals surface area contributed by atoms with Crippen LogP contribution in [0.15, 0.2) is 71.4 Å². The highest BCUT2D eigenvalue weighted by Crippen LogP contribution is 2.21. The summed E-state index contributed by atoms with van der Waals surface area (Å²) < 4.78 is 0. The van der Waals surface area contributed by atoms with Gasteiger partial charge >= 0.3 is 0 Å². The van der Waals surface area contributed by atoms with E-state index >= 15 is 0 Å². The number of β-amino-alcohol motifs (C(OH)–C–C–N with tert-alkyl or cyclic N) is 1. The summed E-state index contributed by atoms with van der Waals surface area (Å²) >= 11 is 0. The van der Waals surface area contributed by atoms with Crippen LogP contribution in [0.25, 0.3) is 6.08 Å². The third-order valence-corrected chi connectivity index (χ3v) is 3.40. The number of rotatable bonds is 4. The maximum Gasteiger partial charge on any atom is 0.278 e. The van der Waals surface area contributed by atoms with Gasteiger partial charge in [-0.05, 0) is 11.6 Å². The molecule has 0 aromatic heterocycles. The average molecular weight is 292 g/mol. The zero-order chi connectivity index (χ0) is 15.4. The van der Waals surface area contributed by atoms with Gasteiger partial charge in [0.2, 0.25) is 0 Å². The molecule has 0 spiro atoms. The monoisotopic (exact) mass is 292 g/mol. The Morgan fingerprint density at radius 3 is 2.27 bits per heavy atom. The van der Waals surface area contributed by atoms with Crippen molar-refractivity contribution in [1.82, 2.24) is 4.90 Å². The molecule has 1 aliphatic heterocycles. The van der Waals surface area contributed by atoms with Gasteiger partial charge in [-0.25, -0.2) is 4.99 Å². The highest BCUT2D eigenvalue weighted by molar-refractivity contribution is 6.19. The summed E-state index contributed by atoms with van der Waals surface area (Å²) in [5.41, 5.74) is 2.17. The van der Waals surface area contributed by atoms with Crippen molar-refractivity contribution in [3.63, 3.8) is 0 Å². The molecule has 0 aliphatic carbocycles. The lowest BCUT2D eigenvalue weighted by Gasteiger charge is -2.16. The number of carbonyl (C=O) groups excluding carboxylic acids is 1. The Hall–Kier alpha value is -2.72. The molecule has 0 unspecified atom stereocenters. The van der Waals surface area contributed by atoms with E-state index in [9.17, 15) is 9.90 Å². The summed E-state index contributed by atoms with van der Waals surface area (Å²) in [7, 11) is 0. The number of benzene rings is 2. The van der Waals surface area contributed by atoms with E-state index in [4.69, 9.17) is 0 Å². The largest absolute Gasteiger partial charge is 0.395 e. The van der Waals surface area contributed by atoms with Gasteiger partial charge in [0, 0.05) is 5.56 Å². The molecule has 1 aliphatic rings. The molecule has 1 amide bonds. The Morgan fingerprint density at radius 2 is 1.64 bits per heavy atom. The van der Waals surface area contributed by atoms with Gasteiger partial charge in [0.1, 0.15) is 11.5 Å². The highest BCUT2D eigenvalue weighted by atomic mass is 16.3. The summed E-state index contributed by atoms with van der Waals surface area (Å²) in [6.07, 6.45) is 1.77. The fraction of sp³-hybridized carbons (Fsp3) is 0.111. The van der Waals surface area contributed by atoms with Crippen molar-refractivity contribution in [2.75, 3.05) is 13.2 Å². The van der Waals surface area contributed by atoms with Crippen LogP contribution in [0.2, 0.25) is 0 Å². The predicted octanol–water partition coefficient (Wildman–Crippen LogP) is 2.31. The number of aliphatic hydroxyl groups is 1. The number of aliphatic hydroxyl groups excluding tert-OH is 1. The second kappa shape index (κ2) is 6.37. The maximum atomic E-state index is 12.5. The van der Waals surface area contributed by atoms with Crippen molar-refractivity contribution in [2.45, 2.75) is 0 Å². The second-order valence-corrected chi connectivity index (χ2v) is 4.92. The quantitative estimate of drug-likeness (QED) is 0.879. The Balaban J connectivity index is 2.01. The minimum atomic E-state index is -0.184. The van der Waals surface area contributed by atoms with E-state index in [1.807, 2.05) is 60.7 Å². The number of hydrogen-bond acceptors (Lipinski definition) is 3. The number of carbonyl (C=O) groups is 1. The van der Waals surface area contributed by atoms with Crippen molar-refractivity contribution >= 4 is 17.8 Å². The van der Waals surface area contributed by atoms with E-state index in [1.54, 1.807) is 6.08 Å².